The average molecular weight is 384 g/mol. The van der Waals surface area contributed by atoms with E-state index >= 15 is 0 Å². The minimum Gasteiger partial charge on any atom is -0.493 e. The van der Waals surface area contributed by atoms with Crippen LogP contribution in [-0.4, -0.2) is 45.0 Å². The summed E-state index contributed by atoms with van der Waals surface area (Å²) in [5, 5.41) is 6.72. The van der Waals surface area contributed by atoms with E-state index in [1.807, 2.05) is 6.07 Å². The summed E-state index contributed by atoms with van der Waals surface area (Å²) in [6, 6.07) is 11.9. The standard InChI is InChI=1S/C20H20N2O6/c1-25-16-9-8-12(10-17(16)26-2)15-11-18(28-22-15)19(23)21-14-7-5-4-6-13(14)20(24)27-3/h4-10,18H,11H2,1-3H3,(H,21,23)/t18-/m1/s1. The smallest absolute Gasteiger partial charge is 0.339 e. The van der Waals surface area contributed by atoms with E-state index in [1.54, 1.807) is 50.6 Å². The Kier molecular flexibility index (Phi) is 5.78. The molecule has 0 saturated heterocycles. The first-order chi connectivity index (χ1) is 13.6. The predicted octanol–water partition coefficient (Wildman–Crippen LogP) is 2.62. The highest BCUT2D eigenvalue weighted by molar-refractivity contribution is 6.08. The van der Waals surface area contributed by atoms with E-state index in [4.69, 9.17) is 19.0 Å². The van der Waals surface area contributed by atoms with Gasteiger partial charge < -0.3 is 24.4 Å². The second kappa shape index (κ2) is 8.43. The lowest BCUT2D eigenvalue weighted by molar-refractivity contribution is -0.125. The molecule has 8 heteroatoms. The molecule has 3 rings (SSSR count). The van der Waals surface area contributed by atoms with Gasteiger partial charge in [0, 0.05) is 12.0 Å². The molecule has 0 spiro atoms. The molecule has 1 atom stereocenters. The van der Waals surface area contributed by atoms with Gasteiger partial charge in [0.2, 0.25) is 6.10 Å². The Bertz CT molecular complexity index is 925. The van der Waals surface area contributed by atoms with Crippen LogP contribution in [0.1, 0.15) is 22.3 Å². The fraction of sp³-hybridized carbons (Fsp3) is 0.250. The molecule has 1 aliphatic rings. The third-order valence-corrected chi connectivity index (χ3v) is 4.27. The molecule has 2 aromatic rings. The molecular weight excluding hydrogens is 364 g/mol. The molecule has 2 aromatic carbocycles. The minimum atomic E-state index is -0.811. The SMILES string of the molecule is COC(=O)c1ccccc1NC(=O)[C@H]1CC(c2ccc(OC)c(OC)c2)=NO1. The van der Waals surface area contributed by atoms with E-state index in [0.29, 0.717) is 22.9 Å². The molecule has 28 heavy (non-hydrogen) atoms. The van der Waals surface area contributed by atoms with Gasteiger partial charge in [0.05, 0.1) is 38.3 Å². The molecule has 0 fully saturated rings. The van der Waals surface area contributed by atoms with E-state index in [2.05, 4.69) is 10.5 Å². The molecule has 1 aliphatic heterocycles. The van der Waals surface area contributed by atoms with E-state index in [9.17, 15) is 9.59 Å². The van der Waals surface area contributed by atoms with Crippen LogP contribution in [0.2, 0.25) is 0 Å². The summed E-state index contributed by atoms with van der Waals surface area (Å²) in [5.74, 6) is 0.211. The molecule has 1 amide bonds. The van der Waals surface area contributed by atoms with Crippen LogP contribution in [0.15, 0.2) is 47.6 Å². The lowest BCUT2D eigenvalue weighted by atomic mass is 10.0. The van der Waals surface area contributed by atoms with Crippen molar-refractivity contribution in [2.75, 3.05) is 26.6 Å². The molecule has 0 aliphatic carbocycles. The molecule has 8 nitrogen and oxygen atoms in total. The zero-order chi connectivity index (χ0) is 20.1. The number of rotatable bonds is 6. The number of carbonyl (C=O) groups excluding carboxylic acids is 2. The quantitative estimate of drug-likeness (QED) is 0.770. The fourth-order valence-corrected chi connectivity index (χ4v) is 2.80. The van der Waals surface area contributed by atoms with Gasteiger partial charge in [-0.05, 0) is 30.3 Å². The van der Waals surface area contributed by atoms with Crippen LogP contribution < -0.4 is 14.8 Å². The van der Waals surface area contributed by atoms with Crippen LogP contribution in [0, 0.1) is 0 Å². The van der Waals surface area contributed by atoms with E-state index in [-0.39, 0.29) is 12.0 Å². The number of hydrogen-bond acceptors (Lipinski definition) is 7. The van der Waals surface area contributed by atoms with Crippen LogP contribution in [0.5, 0.6) is 11.5 Å². The number of oxime groups is 1. The van der Waals surface area contributed by atoms with Gasteiger partial charge in [-0.15, -0.1) is 0 Å². The summed E-state index contributed by atoms with van der Waals surface area (Å²) < 4.78 is 15.2. The first kappa shape index (κ1) is 19.2. The van der Waals surface area contributed by atoms with Crippen molar-refractivity contribution in [3.63, 3.8) is 0 Å². The fourth-order valence-electron chi connectivity index (χ4n) is 2.80. The summed E-state index contributed by atoms with van der Waals surface area (Å²) in [7, 11) is 4.38. The van der Waals surface area contributed by atoms with E-state index < -0.39 is 18.0 Å². The maximum atomic E-state index is 12.6. The average Bonchev–Trinajstić information content (AvgIpc) is 3.23. The molecule has 0 aromatic heterocycles. The van der Waals surface area contributed by atoms with Crippen molar-refractivity contribution in [3.05, 3.63) is 53.6 Å². The van der Waals surface area contributed by atoms with Crippen molar-refractivity contribution in [3.8, 4) is 11.5 Å². The first-order valence-electron chi connectivity index (χ1n) is 8.50. The number of benzene rings is 2. The number of anilines is 1. The summed E-state index contributed by atoms with van der Waals surface area (Å²) >= 11 is 0. The van der Waals surface area contributed by atoms with Crippen LogP contribution in [0.3, 0.4) is 0 Å². The molecule has 0 bridgehead atoms. The van der Waals surface area contributed by atoms with Crippen molar-refractivity contribution < 1.29 is 28.6 Å². The maximum absolute atomic E-state index is 12.6. The monoisotopic (exact) mass is 384 g/mol. The van der Waals surface area contributed by atoms with Crippen LogP contribution in [-0.2, 0) is 14.4 Å². The first-order valence-corrected chi connectivity index (χ1v) is 8.50. The lowest BCUT2D eigenvalue weighted by Crippen LogP contribution is -2.28. The highest BCUT2D eigenvalue weighted by Crippen LogP contribution is 2.29. The Labute approximate surface area is 162 Å². The van der Waals surface area contributed by atoms with Crippen molar-refractivity contribution >= 4 is 23.3 Å². The van der Waals surface area contributed by atoms with E-state index in [0.717, 1.165) is 5.56 Å². The Hall–Kier alpha value is -3.55. The number of ether oxygens (including phenoxy) is 3. The maximum Gasteiger partial charge on any atom is 0.339 e. The predicted molar refractivity (Wildman–Crippen MR) is 102 cm³/mol. The topological polar surface area (TPSA) is 95.5 Å². The molecule has 0 radical (unpaired) electrons. The Morgan fingerprint density at radius 2 is 1.82 bits per heavy atom. The van der Waals surface area contributed by atoms with Gasteiger partial charge in [-0.2, -0.15) is 0 Å². The summed E-state index contributed by atoms with van der Waals surface area (Å²) in [5.41, 5.74) is 1.99. The van der Waals surface area contributed by atoms with Crippen LogP contribution in [0.4, 0.5) is 5.69 Å². The molecule has 0 saturated carbocycles. The van der Waals surface area contributed by atoms with Gasteiger partial charge in [-0.1, -0.05) is 17.3 Å². The second-order valence-corrected chi connectivity index (χ2v) is 5.93. The van der Waals surface area contributed by atoms with Crippen molar-refractivity contribution in [1.82, 2.24) is 0 Å². The number of amides is 1. The van der Waals surface area contributed by atoms with Crippen molar-refractivity contribution in [2.24, 2.45) is 5.16 Å². The largest absolute Gasteiger partial charge is 0.493 e. The molecular formula is C20H20N2O6. The molecule has 0 unspecified atom stereocenters. The third-order valence-electron chi connectivity index (χ3n) is 4.27. The molecule has 146 valence electrons. The number of carbonyl (C=O) groups is 2. The summed E-state index contributed by atoms with van der Waals surface area (Å²) in [6.45, 7) is 0. The van der Waals surface area contributed by atoms with Crippen LogP contribution in [0.25, 0.3) is 0 Å². The minimum absolute atomic E-state index is 0.261. The molecule has 1 N–H and O–H groups in total. The second-order valence-electron chi connectivity index (χ2n) is 5.93. The van der Waals surface area contributed by atoms with Gasteiger partial charge in [-0.25, -0.2) is 4.79 Å². The third kappa shape index (κ3) is 3.90. The molecule has 1 heterocycles. The Morgan fingerprint density at radius 1 is 1.07 bits per heavy atom. The van der Waals surface area contributed by atoms with Crippen LogP contribution >= 0.6 is 0 Å². The summed E-state index contributed by atoms with van der Waals surface area (Å²) in [4.78, 5) is 29.7. The number of nitrogens with one attached hydrogen (secondary N) is 1. The highest BCUT2D eigenvalue weighted by Gasteiger charge is 2.30. The Balaban J connectivity index is 1.70. The van der Waals surface area contributed by atoms with Crippen molar-refractivity contribution in [2.45, 2.75) is 12.5 Å². The zero-order valence-corrected chi connectivity index (χ0v) is 15.7. The summed E-state index contributed by atoms with van der Waals surface area (Å²) in [6.07, 6.45) is -0.532. The lowest BCUT2D eigenvalue weighted by Gasteiger charge is -2.12. The number of esters is 1. The van der Waals surface area contributed by atoms with Gasteiger partial charge in [0.25, 0.3) is 5.91 Å². The number of para-hydroxylation sites is 1. The zero-order valence-electron chi connectivity index (χ0n) is 15.7. The van der Waals surface area contributed by atoms with Gasteiger partial charge in [-0.3, -0.25) is 4.79 Å². The van der Waals surface area contributed by atoms with Gasteiger partial charge in [0.15, 0.2) is 11.5 Å². The van der Waals surface area contributed by atoms with Gasteiger partial charge in [0.1, 0.15) is 0 Å². The Morgan fingerprint density at radius 3 is 2.54 bits per heavy atom. The number of hydrogen-bond donors (Lipinski definition) is 1. The van der Waals surface area contributed by atoms with Gasteiger partial charge >= 0.3 is 5.97 Å². The van der Waals surface area contributed by atoms with Crippen molar-refractivity contribution in [1.29, 1.82) is 0 Å². The van der Waals surface area contributed by atoms with E-state index in [1.165, 1.54) is 7.11 Å². The normalized spacial score (nSPS) is 15.2. The number of methoxy groups -OCH3 is 3. The highest BCUT2D eigenvalue weighted by atomic mass is 16.6. The number of nitrogens with zero attached hydrogens (tertiary/aromatic N) is 1.